The summed E-state index contributed by atoms with van der Waals surface area (Å²) in [5, 5.41) is 0.937. The Morgan fingerprint density at radius 3 is 2.07 bits per heavy atom. The molecule has 0 aliphatic heterocycles. The molecule has 0 bridgehead atoms. The fraction of sp³-hybridized carbons (Fsp3) is 1.00. The van der Waals surface area contributed by atoms with Crippen LogP contribution in [0.1, 0.15) is 64.2 Å². The molecule has 88 valence electrons. The molecule has 2 rings (SSSR count). The summed E-state index contributed by atoms with van der Waals surface area (Å²) < 4.78 is 0.464. The number of hydrogen-bond acceptors (Lipinski definition) is 2. The molecule has 2 fully saturated rings. The summed E-state index contributed by atoms with van der Waals surface area (Å²) >= 11 is 2.26. The van der Waals surface area contributed by atoms with Crippen LogP contribution in [0.4, 0.5) is 0 Å². The summed E-state index contributed by atoms with van der Waals surface area (Å²) in [5.41, 5.74) is 6.06. The summed E-state index contributed by atoms with van der Waals surface area (Å²) in [6, 6.07) is 0. The third-order valence-corrected chi connectivity index (χ3v) is 5.99. The lowest BCUT2D eigenvalue weighted by Crippen LogP contribution is -2.35. The van der Waals surface area contributed by atoms with Crippen molar-refractivity contribution in [2.45, 2.75) is 74.2 Å². The third kappa shape index (κ3) is 3.13. The van der Waals surface area contributed by atoms with Crippen molar-refractivity contribution in [2.24, 2.45) is 5.73 Å². The first-order valence-electron chi connectivity index (χ1n) is 6.73. The van der Waals surface area contributed by atoms with Crippen LogP contribution in [0, 0.1) is 0 Å². The molecule has 2 saturated carbocycles. The molecule has 0 unspecified atom stereocenters. The molecule has 15 heavy (non-hydrogen) atoms. The zero-order valence-electron chi connectivity index (χ0n) is 9.84. The van der Waals surface area contributed by atoms with Crippen LogP contribution in [0.5, 0.6) is 0 Å². The van der Waals surface area contributed by atoms with E-state index in [4.69, 9.17) is 5.73 Å². The Morgan fingerprint density at radius 2 is 1.53 bits per heavy atom. The highest BCUT2D eigenvalue weighted by molar-refractivity contribution is 8.01. The molecule has 0 heterocycles. The van der Waals surface area contributed by atoms with Gasteiger partial charge in [0.25, 0.3) is 0 Å². The van der Waals surface area contributed by atoms with Gasteiger partial charge >= 0.3 is 0 Å². The second-order valence-corrected chi connectivity index (χ2v) is 7.09. The second kappa shape index (κ2) is 5.58. The highest BCUT2D eigenvalue weighted by atomic mass is 32.2. The molecule has 0 spiro atoms. The maximum atomic E-state index is 6.06. The van der Waals surface area contributed by atoms with Gasteiger partial charge in [-0.15, -0.1) is 0 Å². The zero-order chi connectivity index (χ0) is 10.6. The fourth-order valence-corrected chi connectivity index (χ4v) is 5.00. The minimum absolute atomic E-state index is 0.464. The average Bonchev–Trinajstić information content (AvgIpc) is 2.64. The van der Waals surface area contributed by atoms with Crippen molar-refractivity contribution in [2.75, 3.05) is 6.54 Å². The molecular formula is C13H25NS. The van der Waals surface area contributed by atoms with Crippen LogP contribution >= 0.6 is 11.8 Å². The molecule has 2 N–H and O–H groups in total. The highest BCUT2D eigenvalue weighted by Crippen LogP contribution is 2.44. The molecule has 0 aromatic carbocycles. The van der Waals surface area contributed by atoms with Gasteiger partial charge in [-0.05, 0) is 25.7 Å². The predicted molar refractivity (Wildman–Crippen MR) is 69.3 cm³/mol. The smallest absolute Gasteiger partial charge is 0.0285 e. The lowest BCUT2D eigenvalue weighted by atomic mass is 9.99. The average molecular weight is 227 g/mol. The monoisotopic (exact) mass is 227 g/mol. The van der Waals surface area contributed by atoms with Gasteiger partial charge in [0.15, 0.2) is 0 Å². The van der Waals surface area contributed by atoms with Crippen LogP contribution in [0.3, 0.4) is 0 Å². The van der Waals surface area contributed by atoms with Gasteiger partial charge in [-0.1, -0.05) is 38.5 Å². The molecule has 0 radical (unpaired) electrons. The molecule has 0 aromatic rings. The Kier molecular flexibility index (Phi) is 4.39. The van der Waals surface area contributed by atoms with Crippen molar-refractivity contribution in [3.63, 3.8) is 0 Å². The number of nitrogens with two attached hydrogens (primary N) is 1. The van der Waals surface area contributed by atoms with Crippen molar-refractivity contribution >= 4 is 11.8 Å². The quantitative estimate of drug-likeness (QED) is 0.744. The van der Waals surface area contributed by atoms with Gasteiger partial charge < -0.3 is 5.73 Å². The van der Waals surface area contributed by atoms with E-state index in [0.717, 1.165) is 11.8 Å². The minimum atomic E-state index is 0.464. The Labute approximate surface area is 98.6 Å². The van der Waals surface area contributed by atoms with Crippen molar-refractivity contribution < 1.29 is 0 Å². The number of hydrogen-bond donors (Lipinski definition) is 1. The van der Waals surface area contributed by atoms with Crippen LogP contribution in [0.25, 0.3) is 0 Å². The maximum absolute atomic E-state index is 6.06. The number of thioether (sulfide) groups is 1. The molecule has 2 aliphatic rings. The lowest BCUT2D eigenvalue weighted by Gasteiger charge is -2.33. The van der Waals surface area contributed by atoms with Gasteiger partial charge in [-0.25, -0.2) is 0 Å². The summed E-state index contributed by atoms with van der Waals surface area (Å²) in [5.74, 6) is 0. The summed E-state index contributed by atoms with van der Waals surface area (Å²) in [4.78, 5) is 0. The molecule has 1 nitrogen and oxygen atoms in total. The molecule has 0 amide bonds. The first-order valence-corrected chi connectivity index (χ1v) is 7.60. The van der Waals surface area contributed by atoms with Gasteiger partial charge in [0.05, 0.1) is 0 Å². The second-order valence-electron chi connectivity index (χ2n) is 5.33. The van der Waals surface area contributed by atoms with Gasteiger partial charge in [-0.3, -0.25) is 0 Å². The van der Waals surface area contributed by atoms with Crippen LogP contribution in [-0.2, 0) is 0 Å². The van der Waals surface area contributed by atoms with E-state index in [1.807, 2.05) is 0 Å². The first kappa shape index (κ1) is 11.8. The Bertz CT molecular complexity index is 179. The van der Waals surface area contributed by atoms with Crippen molar-refractivity contribution in [1.82, 2.24) is 0 Å². The van der Waals surface area contributed by atoms with E-state index in [0.29, 0.717) is 4.75 Å². The molecule has 0 atom stereocenters. The molecule has 2 aliphatic carbocycles. The molecule has 0 aromatic heterocycles. The van der Waals surface area contributed by atoms with E-state index in [9.17, 15) is 0 Å². The highest BCUT2D eigenvalue weighted by Gasteiger charge is 2.33. The molecular weight excluding hydrogens is 202 g/mol. The largest absolute Gasteiger partial charge is 0.329 e. The Morgan fingerprint density at radius 1 is 0.933 bits per heavy atom. The summed E-state index contributed by atoms with van der Waals surface area (Å²) in [6.45, 7) is 0.911. The standard InChI is InChI=1S/C13H25NS/c14-11-13(9-5-1-2-6-10-13)15-12-7-3-4-8-12/h12H,1-11,14H2. The molecule has 2 heteroatoms. The number of rotatable bonds is 3. The maximum Gasteiger partial charge on any atom is 0.0285 e. The van der Waals surface area contributed by atoms with Crippen molar-refractivity contribution in [3.8, 4) is 0 Å². The van der Waals surface area contributed by atoms with Gasteiger partial charge in [-0.2, -0.15) is 11.8 Å². The van der Waals surface area contributed by atoms with Crippen LogP contribution < -0.4 is 5.73 Å². The SMILES string of the molecule is NCC1(SC2CCCC2)CCCCCC1. The predicted octanol–water partition coefficient (Wildman–Crippen LogP) is 3.71. The van der Waals surface area contributed by atoms with Gasteiger partial charge in [0, 0.05) is 16.5 Å². The van der Waals surface area contributed by atoms with E-state index in [1.165, 1.54) is 64.2 Å². The molecule has 0 saturated heterocycles. The summed E-state index contributed by atoms with van der Waals surface area (Å²) in [6.07, 6.45) is 14.3. The van der Waals surface area contributed by atoms with Crippen molar-refractivity contribution in [3.05, 3.63) is 0 Å². The van der Waals surface area contributed by atoms with E-state index in [-0.39, 0.29) is 0 Å². The minimum Gasteiger partial charge on any atom is -0.329 e. The van der Waals surface area contributed by atoms with Gasteiger partial charge in [0.2, 0.25) is 0 Å². The third-order valence-electron chi connectivity index (χ3n) is 4.11. The summed E-state index contributed by atoms with van der Waals surface area (Å²) in [7, 11) is 0. The van der Waals surface area contributed by atoms with Gasteiger partial charge in [0.1, 0.15) is 0 Å². The van der Waals surface area contributed by atoms with E-state index < -0.39 is 0 Å². The zero-order valence-corrected chi connectivity index (χ0v) is 10.7. The first-order chi connectivity index (χ1) is 7.35. The Hall–Kier alpha value is 0.310. The normalized spacial score (nSPS) is 27.8. The van der Waals surface area contributed by atoms with Crippen molar-refractivity contribution in [1.29, 1.82) is 0 Å². The van der Waals surface area contributed by atoms with E-state index in [1.54, 1.807) is 0 Å². The van der Waals surface area contributed by atoms with Crippen LogP contribution in [0.15, 0.2) is 0 Å². The van der Waals surface area contributed by atoms with E-state index >= 15 is 0 Å². The fourth-order valence-electron chi connectivity index (χ4n) is 3.10. The lowest BCUT2D eigenvalue weighted by molar-refractivity contribution is 0.518. The Balaban J connectivity index is 1.92. The van der Waals surface area contributed by atoms with E-state index in [2.05, 4.69) is 11.8 Å². The van der Waals surface area contributed by atoms with Crippen LogP contribution in [0.2, 0.25) is 0 Å². The topological polar surface area (TPSA) is 26.0 Å². The van der Waals surface area contributed by atoms with Crippen LogP contribution in [-0.4, -0.2) is 16.5 Å².